The Bertz CT molecular complexity index is 439. The van der Waals surface area contributed by atoms with Gasteiger partial charge in [-0.25, -0.2) is 0 Å². The smallest absolute Gasteiger partial charge is 0.228 e. The highest BCUT2D eigenvalue weighted by Gasteiger charge is 2.14. The number of anilines is 1. The van der Waals surface area contributed by atoms with E-state index in [9.17, 15) is 4.79 Å². The average molecular weight is 336 g/mol. The van der Waals surface area contributed by atoms with Crippen molar-refractivity contribution in [3.8, 4) is 0 Å². The molecule has 0 aliphatic heterocycles. The summed E-state index contributed by atoms with van der Waals surface area (Å²) in [4.78, 5) is 14.2. The largest absolute Gasteiger partial charge is 0.326 e. The van der Waals surface area contributed by atoms with Gasteiger partial charge in [-0.15, -0.1) is 24.8 Å². The first-order chi connectivity index (χ1) is 8.93. The molecule has 1 rings (SSSR count). The summed E-state index contributed by atoms with van der Waals surface area (Å²) in [6.45, 7) is 5.48. The van der Waals surface area contributed by atoms with Gasteiger partial charge in [-0.1, -0.05) is 24.6 Å². The Morgan fingerprint density at radius 1 is 1.29 bits per heavy atom. The second-order valence-electron chi connectivity index (χ2n) is 5.35. The topological polar surface area (TPSA) is 44.4 Å². The number of nitrogens with zero attached hydrogens (tertiary/aromatic N) is 1. The van der Waals surface area contributed by atoms with Crippen LogP contribution in [-0.2, 0) is 11.3 Å². The van der Waals surface area contributed by atoms with Gasteiger partial charge in [0.2, 0.25) is 5.91 Å². The predicted octanol–water partition coefficient (Wildman–Crippen LogP) is 2.69. The number of carbonyl (C=O) groups excluding carboxylic acids is 1. The van der Waals surface area contributed by atoms with Crippen molar-refractivity contribution >= 4 is 36.4 Å². The minimum Gasteiger partial charge on any atom is -0.326 e. The zero-order valence-electron chi connectivity index (χ0n) is 13.4. The highest BCUT2D eigenvalue weighted by atomic mass is 35.5. The summed E-state index contributed by atoms with van der Waals surface area (Å²) in [6.07, 6.45) is 0. The number of nitrogens with one attached hydrogen (secondary N) is 2. The summed E-state index contributed by atoms with van der Waals surface area (Å²) in [5, 5.41) is 6.04. The molecule has 0 fully saturated rings. The predicted molar refractivity (Wildman–Crippen MR) is 94.8 cm³/mol. The van der Waals surface area contributed by atoms with Gasteiger partial charge < -0.3 is 15.5 Å². The Labute approximate surface area is 140 Å². The fourth-order valence-electron chi connectivity index (χ4n) is 1.97. The third kappa shape index (κ3) is 7.67. The van der Waals surface area contributed by atoms with Crippen LogP contribution in [0.15, 0.2) is 18.2 Å². The molecule has 1 aromatic rings. The van der Waals surface area contributed by atoms with Crippen LogP contribution in [0.25, 0.3) is 0 Å². The van der Waals surface area contributed by atoms with Crippen LogP contribution in [0.3, 0.4) is 0 Å². The number of hydrogen-bond donors (Lipinski definition) is 2. The van der Waals surface area contributed by atoms with Crippen molar-refractivity contribution in [3.05, 3.63) is 29.3 Å². The zero-order valence-corrected chi connectivity index (χ0v) is 15.0. The molecule has 0 aliphatic rings. The van der Waals surface area contributed by atoms with E-state index in [-0.39, 0.29) is 36.6 Å². The van der Waals surface area contributed by atoms with Crippen molar-refractivity contribution in [2.24, 2.45) is 5.92 Å². The summed E-state index contributed by atoms with van der Waals surface area (Å²) in [5.41, 5.74) is 3.26. The maximum atomic E-state index is 12.1. The first kappa shape index (κ1) is 22.5. The summed E-state index contributed by atoms with van der Waals surface area (Å²) < 4.78 is 0. The summed E-state index contributed by atoms with van der Waals surface area (Å²) in [7, 11) is 5.91. The van der Waals surface area contributed by atoms with Crippen molar-refractivity contribution in [2.75, 3.05) is 33.0 Å². The van der Waals surface area contributed by atoms with E-state index in [1.54, 1.807) is 0 Å². The number of benzene rings is 1. The molecule has 0 saturated carbocycles. The molecular formula is C15H27Cl2N3O. The highest BCUT2D eigenvalue weighted by molar-refractivity contribution is 5.93. The molecule has 1 atom stereocenters. The average Bonchev–Trinajstić information content (AvgIpc) is 2.32. The molecule has 6 heteroatoms. The van der Waals surface area contributed by atoms with Crippen molar-refractivity contribution in [2.45, 2.75) is 20.4 Å². The van der Waals surface area contributed by atoms with E-state index < -0.39 is 0 Å². The molecule has 1 amide bonds. The van der Waals surface area contributed by atoms with Crippen LogP contribution in [0.5, 0.6) is 0 Å². The van der Waals surface area contributed by atoms with Gasteiger partial charge in [0.15, 0.2) is 0 Å². The second-order valence-corrected chi connectivity index (χ2v) is 5.35. The molecular weight excluding hydrogens is 309 g/mol. The fourth-order valence-corrected chi connectivity index (χ4v) is 1.97. The molecule has 0 aliphatic carbocycles. The number of rotatable bonds is 6. The molecule has 0 spiro atoms. The monoisotopic (exact) mass is 335 g/mol. The lowest BCUT2D eigenvalue weighted by atomic mass is 10.1. The van der Waals surface area contributed by atoms with Crippen molar-refractivity contribution < 1.29 is 4.79 Å². The Balaban J connectivity index is 0. The first-order valence-electron chi connectivity index (χ1n) is 6.63. The molecule has 0 radical (unpaired) electrons. The number of aryl methyl sites for hydroxylation is 1. The van der Waals surface area contributed by atoms with Gasteiger partial charge in [-0.3, -0.25) is 4.79 Å². The van der Waals surface area contributed by atoms with E-state index >= 15 is 0 Å². The van der Waals surface area contributed by atoms with Gasteiger partial charge >= 0.3 is 0 Å². The molecule has 122 valence electrons. The number of hydrogen-bond acceptors (Lipinski definition) is 3. The Morgan fingerprint density at radius 3 is 2.43 bits per heavy atom. The molecule has 1 unspecified atom stereocenters. The SMILES string of the molecule is CNCC(C)C(=O)Nc1ccc(C)cc1CN(C)C.Cl.Cl. The van der Waals surface area contributed by atoms with Gasteiger partial charge in [0.1, 0.15) is 0 Å². The van der Waals surface area contributed by atoms with Gasteiger partial charge in [-0.2, -0.15) is 0 Å². The molecule has 4 nitrogen and oxygen atoms in total. The maximum Gasteiger partial charge on any atom is 0.228 e. The Hall–Kier alpha value is -0.810. The second kappa shape index (κ2) is 10.9. The number of amides is 1. The van der Waals surface area contributed by atoms with Gasteiger partial charge in [0, 0.05) is 24.7 Å². The zero-order chi connectivity index (χ0) is 14.4. The third-order valence-electron chi connectivity index (χ3n) is 2.96. The van der Waals surface area contributed by atoms with Crippen LogP contribution in [0.4, 0.5) is 5.69 Å². The van der Waals surface area contributed by atoms with Crippen LogP contribution >= 0.6 is 24.8 Å². The first-order valence-corrected chi connectivity index (χ1v) is 6.63. The normalized spacial score (nSPS) is 11.3. The minimum atomic E-state index is -0.0430. The standard InChI is InChI=1S/C15H25N3O.2ClH/c1-11-6-7-14(13(8-11)10-18(4)5)17-15(19)12(2)9-16-3;;/h6-8,12,16H,9-10H2,1-5H3,(H,17,19);2*1H. The van der Waals surface area contributed by atoms with E-state index in [4.69, 9.17) is 0 Å². The molecule has 21 heavy (non-hydrogen) atoms. The van der Waals surface area contributed by atoms with Crippen LogP contribution < -0.4 is 10.6 Å². The molecule has 0 bridgehead atoms. The van der Waals surface area contributed by atoms with Crippen molar-refractivity contribution in [1.82, 2.24) is 10.2 Å². The van der Waals surface area contributed by atoms with Crippen LogP contribution in [0, 0.1) is 12.8 Å². The summed E-state index contributed by atoms with van der Waals surface area (Å²) >= 11 is 0. The third-order valence-corrected chi connectivity index (χ3v) is 2.96. The van der Waals surface area contributed by atoms with E-state index in [2.05, 4.69) is 28.5 Å². The molecule has 2 N–H and O–H groups in total. The summed E-state index contributed by atoms with van der Waals surface area (Å²) in [5.74, 6) is 0.0109. The van der Waals surface area contributed by atoms with Crippen LogP contribution in [0.2, 0.25) is 0 Å². The highest BCUT2D eigenvalue weighted by Crippen LogP contribution is 2.19. The van der Waals surface area contributed by atoms with Crippen LogP contribution in [-0.4, -0.2) is 38.5 Å². The molecule has 0 aromatic heterocycles. The Morgan fingerprint density at radius 2 is 1.90 bits per heavy atom. The van der Waals surface area contributed by atoms with Crippen LogP contribution in [0.1, 0.15) is 18.1 Å². The lowest BCUT2D eigenvalue weighted by molar-refractivity contribution is -0.119. The quantitative estimate of drug-likeness (QED) is 0.840. The van der Waals surface area contributed by atoms with Gasteiger partial charge in [0.25, 0.3) is 0 Å². The molecule has 1 aromatic carbocycles. The molecule has 0 heterocycles. The van der Waals surface area contributed by atoms with E-state index in [0.717, 1.165) is 17.8 Å². The number of halogens is 2. The lowest BCUT2D eigenvalue weighted by Crippen LogP contribution is -2.29. The number of carbonyl (C=O) groups is 1. The summed E-state index contributed by atoms with van der Waals surface area (Å²) in [6, 6.07) is 6.13. The van der Waals surface area contributed by atoms with E-state index in [0.29, 0.717) is 6.54 Å². The molecule has 0 saturated heterocycles. The minimum absolute atomic E-state index is 0. The van der Waals surface area contributed by atoms with Gasteiger partial charge in [0.05, 0.1) is 0 Å². The Kier molecular flexibility index (Phi) is 11.6. The maximum absolute atomic E-state index is 12.1. The van der Waals surface area contributed by atoms with Gasteiger partial charge in [-0.05, 0) is 39.7 Å². The van der Waals surface area contributed by atoms with Crippen molar-refractivity contribution in [3.63, 3.8) is 0 Å². The lowest BCUT2D eigenvalue weighted by Gasteiger charge is -2.17. The van der Waals surface area contributed by atoms with E-state index in [1.807, 2.05) is 40.2 Å². The van der Waals surface area contributed by atoms with E-state index in [1.165, 1.54) is 5.56 Å². The van der Waals surface area contributed by atoms with Crippen molar-refractivity contribution in [1.29, 1.82) is 0 Å². The fraction of sp³-hybridized carbons (Fsp3) is 0.533.